The Kier molecular flexibility index (Phi) is 7.35. The van der Waals surface area contributed by atoms with Crippen LogP contribution in [0.1, 0.15) is 15.9 Å². The Balaban J connectivity index is 0.00000280. The SMILES string of the molecule is COc1ccc(C)c2sc(N(CCN(C)C)C(=O)c3ccc(F)cc3)nc12.Cl. The van der Waals surface area contributed by atoms with Crippen molar-refractivity contribution in [1.29, 1.82) is 0 Å². The number of amides is 1. The Morgan fingerprint density at radius 1 is 1.14 bits per heavy atom. The van der Waals surface area contributed by atoms with Crippen LogP contribution in [0.5, 0.6) is 5.75 Å². The van der Waals surface area contributed by atoms with E-state index in [-0.39, 0.29) is 24.1 Å². The van der Waals surface area contributed by atoms with Gasteiger partial charge in [-0.05, 0) is 56.9 Å². The van der Waals surface area contributed by atoms with Crippen molar-refractivity contribution in [1.82, 2.24) is 9.88 Å². The third-order valence-corrected chi connectivity index (χ3v) is 5.46. The van der Waals surface area contributed by atoms with Gasteiger partial charge in [0, 0.05) is 18.7 Å². The molecule has 0 spiro atoms. The lowest BCUT2D eigenvalue weighted by Gasteiger charge is -2.22. The van der Waals surface area contributed by atoms with Crippen LogP contribution >= 0.6 is 23.7 Å². The summed E-state index contributed by atoms with van der Waals surface area (Å²) in [7, 11) is 5.51. The molecular formula is C20H23ClFN3O2S. The van der Waals surface area contributed by atoms with Crippen LogP contribution in [0.3, 0.4) is 0 Å². The van der Waals surface area contributed by atoms with E-state index in [0.29, 0.717) is 29.5 Å². The number of carbonyl (C=O) groups excluding carboxylic acids is 1. The number of hydrogen-bond acceptors (Lipinski definition) is 5. The second-order valence-corrected chi connectivity index (χ2v) is 7.50. The number of rotatable bonds is 6. The number of carbonyl (C=O) groups is 1. The average molecular weight is 424 g/mol. The topological polar surface area (TPSA) is 45.7 Å². The van der Waals surface area contributed by atoms with E-state index < -0.39 is 0 Å². The molecule has 0 N–H and O–H groups in total. The maximum atomic E-state index is 13.2. The lowest BCUT2D eigenvalue weighted by molar-refractivity contribution is 0.0985. The first-order valence-electron chi connectivity index (χ1n) is 8.57. The zero-order chi connectivity index (χ0) is 19.6. The van der Waals surface area contributed by atoms with Crippen molar-refractivity contribution in [2.45, 2.75) is 6.92 Å². The Labute approximate surface area is 174 Å². The quantitative estimate of drug-likeness (QED) is 0.590. The van der Waals surface area contributed by atoms with Gasteiger partial charge in [0.25, 0.3) is 5.91 Å². The van der Waals surface area contributed by atoms with E-state index in [2.05, 4.69) is 0 Å². The zero-order valence-corrected chi connectivity index (χ0v) is 17.9. The zero-order valence-electron chi connectivity index (χ0n) is 16.2. The summed E-state index contributed by atoms with van der Waals surface area (Å²) in [4.78, 5) is 21.5. The number of halogens is 2. The molecule has 0 aliphatic carbocycles. The molecule has 0 aliphatic rings. The monoisotopic (exact) mass is 423 g/mol. The van der Waals surface area contributed by atoms with Crippen LogP contribution < -0.4 is 9.64 Å². The Morgan fingerprint density at radius 3 is 2.43 bits per heavy atom. The molecule has 1 heterocycles. The number of aryl methyl sites for hydroxylation is 1. The molecular weight excluding hydrogens is 401 g/mol. The van der Waals surface area contributed by atoms with Gasteiger partial charge >= 0.3 is 0 Å². The van der Waals surface area contributed by atoms with Gasteiger partial charge in [-0.15, -0.1) is 12.4 Å². The number of methoxy groups -OCH3 is 1. The molecule has 3 aromatic rings. The van der Waals surface area contributed by atoms with E-state index in [4.69, 9.17) is 9.72 Å². The summed E-state index contributed by atoms with van der Waals surface area (Å²) in [6.45, 7) is 3.17. The molecule has 5 nitrogen and oxygen atoms in total. The second-order valence-electron chi connectivity index (χ2n) is 6.53. The highest BCUT2D eigenvalue weighted by atomic mass is 35.5. The predicted octanol–water partition coefficient (Wildman–Crippen LogP) is 4.38. The smallest absolute Gasteiger partial charge is 0.260 e. The molecule has 28 heavy (non-hydrogen) atoms. The standard InChI is InChI=1S/C20H22FN3O2S.ClH/c1-13-5-10-16(26-4)17-18(13)27-20(22-17)24(12-11-23(2)3)19(25)14-6-8-15(21)9-7-14;/h5-10H,11-12H2,1-4H3;1H. The highest BCUT2D eigenvalue weighted by Gasteiger charge is 2.23. The first-order chi connectivity index (χ1) is 12.9. The van der Waals surface area contributed by atoms with Crippen molar-refractivity contribution in [2.75, 3.05) is 39.2 Å². The van der Waals surface area contributed by atoms with Crippen LogP contribution in [0, 0.1) is 12.7 Å². The van der Waals surface area contributed by atoms with Gasteiger partial charge in [0.15, 0.2) is 5.13 Å². The van der Waals surface area contributed by atoms with Gasteiger partial charge in [0.2, 0.25) is 0 Å². The highest BCUT2D eigenvalue weighted by Crippen LogP contribution is 2.36. The van der Waals surface area contributed by atoms with Crippen molar-refractivity contribution >= 4 is 45.0 Å². The molecule has 8 heteroatoms. The van der Waals surface area contributed by atoms with Gasteiger partial charge in [-0.1, -0.05) is 17.4 Å². The molecule has 0 bridgehead atoms. The van der Waals surface area contributed by atoms with Crippen LogP contribution in [-0.2, 0) is 0 Å². The fourth-order valence-corrected chi connectivity index (χ4v) is 3.79. The van der Waals surface area contributed by atoms with Crippen LogP contribution in [0.2, 0.25) is 0 Å². The molecule has 0 aliphatic heterocycles. The molecule has 3 rings (SSSR count). The average Bonchev–Trinajstić information content (AvgIpc) is 3.08. The number of likely N-dealkylation sites (N-methyl/N-ethyl adjacent to an activating group) is 1. The number of benzene rings is 2. The minimum atomic E-state index is -0.369. The normalized spacial score (nSPS) is 10.8. The number of ether oxygens (including phenoxy) is 1. The first-order valence-corrected chi connectivity index (χ1v) is 9.38. The van der Waals surface area contributed by atoms with E-state index in [0.717, 1.165) is 15.8 Å². The second kappa shape index (κ2) is 9.32. The van der Waals surface area contributed by atoms with E-state index in [1.807, 2.05) is 38.1 Å². The summed E-state index contributed by atoms with van der Waals surface area (Å²) in [5, 5.41) is 0.605. The van der Waals surface area contributed by atoms with E-state index >= 15 is 0 Å². The van der Waals surface area contributed by atoms with Gasteiger partial charge in [-0.25, -0.2) is 9.37 Å². The number of anilines is 1. The summed E-state index contributed by atoms with van der Waals surface area (Å²) in [5.41, 5.74) is 2.26. The van der Waals surface area contributed by atoms with Gasteiger partial charge in [-0.2, -0.15) is 0 Å². The van der Waals surface area contributed by atoms with Crippen LogP contribution in [-0.4, -0.2) is 50.1 Å². The van der Waals surface area contributed by atoms with Crippen molar-refractivity contribution in [3.05, 3.63) is 53.3 Å². The minimum absolute atomic E-state index is 0. The molecule has 0 radical (unpaired) electrons. The fourth-order valence-electron chi connectivity index (χ4n) is 2.71. The number of fused-ring (bicyclic) bond motifs is 1. The number of nitrogens with zero attached hydrogens (tertiary/aromatic N) is 3. The molecule has 0 atom stereocenters. The lowest BCUT2D eigenvalue weighted by atomic mass is 10.2. The van der Waals surface area contributed by atoms with Gasteiger partial charge in [0.1, 0.15) is 17.1 Å². The van der Waals surface area contributed by atoms with Crippen LogP contribution in [0.15, 0.2) is 36.4 Å². The van der Waals surface area contributed by atoms with Gasteiger partial charge < -0.3 is 9.64 Å². The summed E-state index contributed by atoms with van der Waals surface area (Å²) < 4.78 is 19.7. The summed E-state index contributed by atoms with van der Waals surface area (Å²) in [6, 6.07) is 9.45. The molecule has 0 saturated heterocycles. The third-order valence-electron chi connectivity index (χ3n) is 4.25. The molecule has 1 aromatic heterocycles. The minimum Gasteiger partial charge on any atom is -0.494 e. The first kappa shape index (κ1) is 22.1. The summed E-state index contributed by atoms with van der Waals surface area (Å²) >= 11 is 1.46. The highest BCUT2D eigenvalue weighted by molar-refractivity contribution is 7.22. The van der Waals surface area contributed by atoms with Crippen molar-refractivity contribution in [3.63, 3.8) is 0 Å². The largest absolute Gasteiger partial charge is 0.494 e. The third kappa shape index (κ3) is 4.60. The van der Waals surface area contributed by atoms with Crippen molar-refractivity contribution < 1.29 is 13.9 Å². The predicted molar refractivity (Wildman–Crippen MR) is 115 cm³/mol. The van der Waals surface area contributed by atoms with Gasteiger partial charge in [-0.3, -0.25) is 9.69 Å². The van der Waals surface area contributed by atoms with Crippen molar-refractivity contribution in [3.8, 4) is 5.75 Å². The van der Waals surface area contributed by atoms with E-state index in [1.54, 1.807) is 12.0 Å². The van der Waals surface area contributed by atoms with Crippen molar-refractivity contribution in [2.24, 2.45) is 0 Å². The number of aromatic nitrogens is 1. The van der Waals surface area contributed by atoms with E-state index in [9.17, 15) is 9.18 Å². The maximum absolute atomic E-state index is 13.2. The summed E-state index contributed by atoms with van der Waals surface area (Å²) in [6.07, 6.45) is 0. The molecule has 0 saturated carbocycles. The molecule has 150 valence electrons. The molecule has 1 amide bonds. The Bertz CT molecular complexity index is 960. The number of hydrogen-bond donors (Lipinski definition) is 0. The lowest BCUT2D eigenvalue weighted by Crippen LogP contribution is -2.36. The molecule has 0 unspecified atom stereocenters. The Morgan fingerprint density at radius 2 is 1.82 bits per heavy atom. The summed E-state index contributed by atoms with van der Waals surface area (Å²) in [5.74, 6) is 0.110. The maximum Gasteiger partial charge on any atom is 0.260 e. The number of thiazole rings is 1. The van der Waals surface area contributed by atoms with Crippen LogP contribution in [0.4, 0.5) is 9.52 Å². The molecule has 2 aromatic carbocycles. The van der Waals surface area contributed by atoms with Gasteiger partial charge in [0.05, 0.1) is 11.8 Å². The van der Waals surface area contributed by atoms with E-state index in [1.165, 1.54) is 35.6 Å². The molecule has 0 fully saturated rings. The fraction of sp³-hybridized carbons (Fsp3) is 0.300. The van der Waals surface area contributed by atoms with Crippen LogP contribution in [0.25, 0.3) is 10.2 Å². The Hall–Kier alpha value is -2.22.